The first-order valence-electron chi connectivity index (χ1n) is 7.18. The molecule has 1 atom stereocenters. The van der Waals surface area contributed by atoms with Crippen LogP contribution in [0, 0.1) is 5.92 Å². The molecule has 2 aliphatic rings. The summed E-state index contributed by atoms with van der Waals surface area (Å²) in [7, 11) is 0. The van der Waals surface area contributed by atoms with Crippen LogP contribution in [-0.4, -0.2) is 24.8 Å². The quantitative estimate of drug-likeness (QED) is 0.797. The van der Waals surface area contributed by atoms with E-state index in [1.165, 1.54) is 44.9 Å². The van der Waals surface area contributed by atoms with Crippen LogP contribution in [0.15, 0.2) is 0 Å². The van der Waals surface area contributed by atoms with Crippen molar-refractivity contribution in [2.24, 2.45) is 5.92 Å². The summed E-state index contributed by atoms with van der Waals surface area (Å²) in [6, 6.07) is 0. The molecule has 1 spiro atoms. The largest absolute Gasteiger partial charge is 0.369 e. The van der Waals surface area contributed by atoms with Crippen molar-refractivity contribution in [1.82, 2.24) is 5.32 Å². The van der Waals surface area contributed by atoms with Crippen LogP contribution in [0.4, 0.5) is 0 Å². The molecule has 1 unspecified atom stereocenters. The summed E-state index contributed by atoms with van der Waals surface area (Å²) in [5.74, 6) is 0.742. The van der Waals surface area contributed by atoms with Gasteiger partial charge in [-0.2, -0.15) is 0 Å². The van der Waals surface area contributed by atoms with Gasteiger partial charge in [0, 0.05) is 13.1 Å². The minimum Gasteiger partial charge on any atom is -0.369 e. The number of rotatable bonds is 3. The highest BCUT2D eigenvalue weighted by atomic mass is 16.5. The lowest BCUT2D eigenvalue weighted by atomic mass is 9.82. The van der Waals surface area contributed by atoms with Crippen molar-refractivity contribution >= 4 is 0 Å². The van der Waals surface area contributed by atoms with E-state index in [0.717, 1.165) is 19.0 Å². The Hall–Kier alpha value is -0.0800. The molecule has 1 saturated carbocycles. The fourth-order valence-electron chi connectivity index (χ4n) is 3.41. The molecule has 0 aromatic carbocycles. The molecule has 1 aliphatic heterocycles. The van der Waals surface area contributed by atoms with Crippen LogP contribution in [0.25, 0.3) is 0 Å². The predicted molar refractivity (Wildman–Crippen MR) is 67.6 cm³/mol. The smallest absolute Gasteiger partial charge is 0.0810 e. The summed E-state index contributed by atoms with van der Waals surface area (Å²) < 4.78 is 6.50. The zero-order valence-corrected chi connectivity index (χ0v) is 10.9. The Morgan fingerprint density at radius 1 is 1.19 bits per heavy atom. The van der Waals surface area contributed by atoms with Gasteiger partial charge >= 0.3 is 0 Å². The summed E-state index contributed by atoms with van der Waals surface area (Å²) >= 11 is 0. The molecular weight excluding hydrogens is 198 g/mol. The molecule has 0 aromatic rings. The first-order chi connectivity index (χ1) is 7.79. The third kappa shape index (κ3) is 2.60. The van der Waals surface area contributed by atoms with Gasteiger partial charge in [0.15, 0.2) is 0 Å². The second-order valence-electron chi connectivity index (χ2n) is 5.61. The van der Waals surface area contributed by atoms with E-state index in [1.807, 2.05) is 0 Å². The molecule has 0 amide bonds. The van der Waals surface area contributed by atoms with E-state index in [9.17, 15) is 0 Å². The van der Waals surface area contributed by atoms with Crippen molar-refractivity contribution in [2.75, 3.05) is 13.1 Å². The Kier molecular flexibility index (Phi) is 4.26. The summed E-state index contributed by atoms with van der Waals surface area (Å²) in [5.41, 5.74) is 0.198. The van der Waals surface area contributed by atoms with Gasteiger partial charge in [0.05, 0.1) is 11.7 Å². The highest BCUT2D eigenvalue weighted by molar-refractivity contribution is 4.92. The van der Waals surface area contributed by atoms with Crippen LogP contribution >= 0.6 is 0 Å². The molecular formula is C14H27NO. The Morgan fingerprint density at radius 2 is 1.88 bits per heavy atom. The lowest BCUT2D eigenvalue weighted by molar-refractivity contribution is -0.152. The van der Waals surface area contributed by atoms with Crippen LogP contribution in [-0.2, 0) is 4.74 Å². The van der Waals surface area contributed by atoms with Gasteiger partial charge in [-0.05, 0) is 18.8 Å². The van der Waals surface area contributed by atoms with Crippen molar-refractivity contribution in [2.45, 2.75) is 70.5 Å². The average molecular weight is 225 g/mol. The van der Waals surface area contributed by atoms with E-state index in [2.05, 4.69) is 19.2 Å². The van der Waals surface area contributed by atoms with Gasteiger partial charge in [-0.3, -0.25) is 0 Å². The van der Waals surface area contributed by atoms with Gasteiger partial charge in [0.25, 0.3) is 0 Å². The van der Waals surface area contributed by atoms with Crippen LogP contribution in [0.3, 0.4) is 0 Å². The predicted octanol–water partition coefficient (Wildman–Crippen LogP) is 3.11. The molecule has 2 rings (SSSR count). The van der Waals surface area contributed by atoms with Crippen molar-refractivity contribution in [3.63, 3.8) is 0 Å². The van der Waals surface area contributed by atoms with Crippen LogP contribution in [0.1, 0.15) is 58.8 Å². The van der Waals surface area contributed by atoms with Crippen molar-refractivity contribution < 1.29 is 4.74 Å². The van der Waals surface area contributed by atoms with Gasteiger partial charge in [0.1, 0.15) is 0 Å². The molecule has 1 heterocycles. The number of hydrogen-bond donors (Lipinski definition) is 1. The van der Waals surface area contributed by atoms with E-state index >= 15 is 0 Å². The summed E-state index contributed by atoms with van der Waals surface area (Å²) in [5, 5.41) is 3.62. The molecule has 0 aromatic heterocycles. The van der Waals surface area contributed by atoms with E-state index in [4.69, 9.17) is 4.74 Å². The minimum absolute atomic E-state index is 0.198. The number of hydrogen-bond acceptors (Lipinski definition) is 2. The topological polar surface area (TPSA) is 21.3 Å². The zero-order chi connectivity index (χ0) is 11.4. The van der Waals surface area contributed by atoms with E-state index in [0.29, 0.717) is 6.10 Å². The molecule has 2 nitrogen and oxygen atoms in total. The van der Waals surface area contributed by atoms with Crippen LogP contribution in [0.5, 0.6) is 0 Å². The summed E-state index contributed by atoms with van der Waals surface area (Å²) in [6.07, 6.45) is 9.63. The molecule has 2 fully saturated rings. The molecule has 94 valence electrons. The minimum atomic E-state index is 0.198. The Bertz CT molecular complexity index is 201. The molecule has 1 N–H and O–H groups in total. The SMILES string of the molecule is CCC(CC)C1CNCC2(CCCCC2)O1. The maximum Gasteiger partial charge on any atom is 0.0810 e. The Morgan fingerprint density at radius 3 is 2.50 bits per heavy atom. The highest BCUT2D eigenvalue weighted by Gasteiger charge is 2.39. The third-order valence-electron chi connectivity index (χ3n) is 4.53. The standard InChI is InChI=1S/C14H27NO/c1-3-12(4-2)13-10-15-11-14(16-13)8-6-5-7-9-14/h12-13,15H,3-11H2,1-2H3. The van der Waals surface area contributed by atoms with Crippen molar-refractivity contribution in [3.8, 4) is 0 Å². The summed E-state index contributed by atoms with van der Waals surface area (Å²) in [4.78, 5) is 0. The molecule has 1 saturated heterocycles. The average Bonchev–Trinajstić information content (AvgIpc) is 2.32. The first-order valence-corrected chi connectivity index (χ1v) is 7.18. The van der Waals surface area contributed by atoms with Crippen LogP contribution < -0.4 is 5.32 Å². The maximum absolute atomic E-state index is 6.50. The number of ether oxygens (including phenoxy) is 1. The lowest BCUT2D eigenvalue weighted by Gasteiger charge is -2.46. The van der Waals surface area contributed by atoms with E-state index in [1.54, 1.807) is 0 Å². The van der Waals surface area contributed by atoms with Crippen molar-refractivity contribution in [3.05, 3.63) is 0 Å². The number of morpholine rings is 1. The Labute approximate surface area is 100 Å². The first kappa shape index (κ1) is 12.4. The second kappa shape index (κ2) is 5.50. The van der Waals surface area contributed by atoms with Gasteiger partial charge < -0.3 is 10.1 Å². The van der Waals surface area contributed by atoms with Gasteiger partial charge in [-0.1, -0.05) is 46.0 Å². The fraction of sp³-hybridized carbons (Fsp3) is 1.00. The molecule has 0 radical (unpaired) electrons. The Balaban J connectivity index is 1.97. The van der Waals surface area contributed by atoms with E-state index < -0.39 is 0 Å². The van der Waals surface area contributed by atoms with Gasteiger partial charge in [0.2, 0.25) is 0 Å². The van der Waals surface area contributed by atoms with E-state index in [-0.39, 0.29) is 5.60 Å². The molecule has 16 heavy (non-hydrogen) atoms. The lowest BCUT2D eigenvalue weighted by Crippen LogP contribution is -2.56. The molecule has 1 aliphatic carbocycles. The second-order valence-corrected chi connectivity index (χ2v) is 5.61. The van der Waals surface area contributed by atoms with Gasteiger partial charge in [-0.15, -0.1) is 0 Å². The molecule has 0 bridgehead atoms. The number of nitrogens with one attached hydrogen (secondary N) is 1. The maximum atomic E-state index is 6.50. The zero-order valence-electron chi connectivity index (χ0n) is 10.9. The third-order valence-corrected chi connectivity index (χ3v) is 4.53. The monoisotopic (exact) mass is 225 g/mol. The highest BCUT2D eigenvalue weighted by Crippen LogP contribution is 2.36. The fourth-order valence-corrected chi connectivity index (χ4v) is 3.41. The molecule has 2 heteroatoms. The summed E-state index contributed by atoms with van der Waals surface area (Å²) in [6.45, 7) is 6.73. The van der Waals surface area contributed by atoms with Crippen molar-refractivity contribution in [1.29, 1.82) is 0 Å². The van der Waals surface area contributed by atoms with Crippen LogP contribution in [0.2, 0.25) is 0 Å². The van der Waals surface area contributed by atoms with Gasteiger partial charge in [-0.25, -0.2) is 0 Å². The normalized spacial score (nSPS) is 29.8.